The van der Waals surface area contributed by atoms with E-state index in [2.05, 4.69) is 5.32 Å². The number of halogens is 1. The second kappa shape index (κ2) is 7.44. The molecule has 0 bridgehead atoms. The maximum absolute atomic E-state index is 12.8. The first-order chi connectivity index (χ1) is 9.87. The van der Waals surface area contributed by atoms with Gasteiger partial charge in [-0.3, -0.25) is 4.79 Å². The number of sulfone groups is 1. The van der Waals surface area contributed by atoms with Crippen LogP contribution < -0.4 is 5.32 Å². The molecule has 5 nitrogen and oxygen atoms in total. The smallest absolute Gasteiger partial charge is 0.244 e. The molecule has 0 radical (unpaired) electrons. The lowest BCUT2D eigenvalue weighted by Gasteiger charge is -2.37. The minimum absolute atomic E-state index is 0. The molecule has 0 unspecified atom stereocenters. The van der Waals surface area contributed by atoms with Crippen LogP contribution in [0.15, 0.2) is 30.3 Å². The maximum Gasteiger partial charge on any atom is 0.244 e. The van der Waals surface area contributed by atoms with Gasteiger partial charge in [-0.1, -0.05) is 30.3 Å². The van der Waals surface area contributed by atoms with E-state index < -0.39 is 14.6 Å². The Labute approximate surface area is 138 Å². The van der Waals surface area contributed by atoms with E-state index in [1.54, 1.807) is 7.05 Å². The number of nitrogens with zero attached hydrogens (tertiary/aromatic N) is 1. The van der Waals surface area contributed by atoms with Gasteiger partial charge in [-0.05, 0) is 31.5 Å². The summed E-state index contributed by atoms with van der Waals surface area (Å²) in [6.07, 6.45) is 1.85. The van der Waals surface area contributed by atoms with E-state index >= 15 is 0 Å². The number of carbonyl (C=O) groups is 1. The van der Waals surface area contributed by atoms with Crippen molar-refractivity contribution in [1.82, 2.24) is 10.2 Å². The molecule has 0 aromatic heterocycles. The van der Waals surface area contributed by atoms with Gasteiger partial charge in [-0.25, -0.2) is 8.42 Å². The van der Waals surface area contributed by atoms with E-state index in [1.807, 2.05) is 30.3 Å². The van der Waals surface area contributed by atoms with Crippen LogP contribution >= 0.6 is 12.4 Å². The monoisotopic (exact) mass is 346 g/mol. The third-order valence-electron chi connectivity index (χ3n) is 4.12. The molecule has 0 aliphatic carbocycles. The molecule has 2 rings (SSSR count). The molecule has 1 aromatic carbocycles. The zero-order valence-corrected chi connectivity index (χ0v) is 14.5. The van der Waals surface area contributed by atoms with Crippen molar-refractivity contribution in [1.29, 1.82) is 0 Å². The topological polar surface area (TPSA) is 66.5 Å². The van der Waals surface area contributed by atoms with Gasteiger partial charge in [0.05, 0.1) is 0 Å². The highest BCUT2D eigenvalue weighted by Crippen LogP contribution is 2.30. The van der Waals surface area contributed by atoms with Crippen molar-refractivity contribution in [3.63, 3.8) is 0 Å². The van der Waals surface area contributed by atoms with Gasteiger partial charge in [-0.2, -0.15) is 0 Å². The van der Waals surface area contributed by atoms with Crippen molar-refractivity contribution in [2.75, 3.05) is 26.4 Å². The molecule has 0 atom stereocenters. The zero-order valence-electron chi connectivity index (χ0n) is 12.9. The summed E-state index contributed by atoms with van der Waals surface area (Å²) in [5.74, 6) is -0.296. The fourth-order valence-corrected chi connectivity index (χ4v) is 4.27. The summed E-state index contributed by atoms with van der Waals surface area (Å²) < 4.78 is 23.2. The standard InChI is InChI=1S/C15H22N2O3S.ClH/c1-17(12-13-6-4-3-5-7-13)14(18)15(21(2,19)20)8-10-16-11-9-15;/h3-7,16H,8-12H2,1-2H3;1H. The van der Waals surface area contributed by atoms with Gasteiger partial charge in [0.2, 0.25) is 5.91 Å². The van der Waals surface area contributed by atoms with Crippen LogP contribution in [-0.2, 0) is 21.2 Å². The van der Waals surface area contributed by atoms with Crippen LogP contribution in [0.4, 0.5) is 0 Å². The molecule has 1 heterocycles. The lowest BCUT2D eigenvalue weighted by Crippen LogP contribution is -2.57. The van der Waals surface area contributed by atoms with Crippen LogP contribution in [0.3, 0.4) is 0 Å². The summed E-state index contributed by atoms with van der Waals surface area (Å²) in [5.41, 5.74) is 0.992. The average Bonchev–Trinajstić information content (AvgIpc) is 2.47. The lowest BCUT2D eigenvalue weighted by molar-refractivity contribution is -0.134. The van der Waals surface area contributed by atoms with E-state index in [1.165, 1.54) is 11.2 Å². The fraction of sp³-hybridized carbons (Fsp3) is 0.533. The Morgan fingerprint density at radius 2 is 1.77 bits per heavy atom. The molecule has 1 aliphatic rings. The summed E-state index contributed by atoms with van der Waals surface area (Å²) in [4.78, 5) is 14.3. The first-order valence-corrected chi connectivity index (χ1v) is 8.96. The number of hydrogen-bond donors (Lipinski definition) is 1. The van der Waals surface area contributed by atoms with Crippen molar-refractivity contribution in [3.05, 3.63) is 35.9 Å². The van der Waals surface area contributed by atoms with E-state index in [4.69, 9.17) is 0 Å². The minimum Gasteiger partial charge on any atom is -0.340 e. The maximum atomic E-state index is 12.8. The van der Waals surface area contributed by atoms with E-state index in [0.29, 0.717) is 32.5 Å². The molecule has 0 saturated carbocycles. The highest BCUT2D eigenvalue weighted by Gasteiger charge is 2.49. The SMILES string of the molecule is CN(Cc1ccccc1)C(=O)C1(S(C)(=O)=O)CCNCC1.Cl. The summed E-state index contributed by atoms with van der Waals surface area (Å²) in [7, 11) is -1.78. The summed E-state index contributed by atoms with van der Waals surface area (Å²) in [6.45, 7) is 1.53. The molecule has 1 N–H and O–H groups in total. The third-order valence-corrected chi connectivity index (χ3v) is 6.12. The predicted octanol–water partition coefficient (Wildman–Crippen LogP) is 1.23. The quantitative estimate of drug-likeness (QED) is 0.890. The molecule has 124 valence electrons. The Balaban J connectivity index is 0.00000242. The Morgan fingerprint density at radius 1 is 1.23 bits per heavy atom. The lowest BCUT2D eigenvalue weighted by atomic mass is 9.95. The van der Waals surface area contributed by atoms with Crippen LogP contribution in [0.25, 0.3) is 0 Å². The van der Waals surface area contributed by atoms with Crippen LogP contribution in [0.2, 0.25) is 0 Å². The number of nitrogens with one attached hydrogen (secondary N) is 1. The van der Waals surface area contributed by atoms with Gasteiger partial charge < -0.3 is 10.2 Å². The van der Waals surface area contributed by atoms with E-state index in [0.717, 1.165) is 5.56 Å². The number of carbonyl (C=O) groups excluding carboxylic acids is 1. The molecule has 1 aromatic rings. The second-order valence-electron chi connectivity index (χ2n) is 5.66. The molecule has 1 saturated heterocycles. The molecule has 22 heavy (non-hydrogen) atoms. The fourth-order valence-electron chi connectivity index (χ4n) is 2.85. The van der Waals surface area contributed by atoms with Gasteiger partial charge in [0.1, 0.15) is 0 Å². The highest BCUT2D eigenvalue weighted by molar-refractivity contribution is 7.92. The van der Waals surface area contributed by atoms with Crippen LogP contribution in [0.1, 0.15) is 18.4 Å². The number of piperidine rings is 1. The van der Waals surface area contributed by atoms with Crippen LogP contribution in [0.5, 0.6) is 0 Å². The number of amides is 1. The Hall–Kier alpha value is -1.11. The Morgan fingerprint density at radius 3 is 2.27 bits per heavy atom. The van der Waals surface area contributed by atoms with Crippen molar-refractivity contribution in [2.24, 2.45) is 0 Å². The zero-order chi connectivity index (χ0) is 15.5. The largest absolute Gasteiger partial charge is 0.340 e. The number of benzene rings is 1. The van der Waals surface area contributed by atoms with Gasteiger partial charge >= 0.3 is 0 Å². The van der Waals surface area contributed by atoms with Crippen molar-refractivity contribution >= 4 is 28.2 Å². The van der Waals surface area contributed by atoms with Crippen LogP contribution in [-0.4, -0.2) is 50.4 Å². The second-order valence-corrected chi connectivity index (χ2v) is 7.99. The predicted molar refractivity (Wildman–Crippen MR) is 89.8 cm³/mol. The van der Waals surface area contributed by atoms with Gasteiger partial charge in [0.25, 0.3) is 0 Å². The summed E-state index contributed by atoms with van der Waals surface area (Å²) in [6, 6.07) is 9.59. The van der Waals surface area contributed by atoms with Gasteiger partial charge in [-0.15, -0.1) is 12.4 Å². The molecule has 1 aliphatic heterocycles. The molecular formula is C15H23ClN2O3S. The number of hydrogen-bond acceptors (Lipinski definition) is 4. The molecule has 7 heteroatoms. The minimum atomic E-state index is -3.46. The van der Waals surface area contributed by atoms with Crippen molar-refractivity contribution < 1.29 is 13.2 Å². The van der Waals surface area contributed by atoms with Crippen molar-refractivity contribution in [2.45, 2.75) is 24.1 Å². The van der Waals surface area contributed by atoms with Crippen LogP contribution in [0, 0.1) is 0 Å². The van der Waals surface area contributed by atoms with E-state index in [9.17, 15) is 13.2 Å². The molecule has 1 amide bonds. The van der Waals surface area contributed by atoms with Gasteiger partial charge in [0.15, 0.2) is 14.6 Å². The summed E-state index contributed by atoms with van der Waals surface area (Å²) in [5, 5.41) is 3.12. The molecular weight excluding hydrogens is 324 g/mol. The average molecular weight is 347 g/mol. The normalized spacial score (nSPS) is 17.4. The van der Waals surface area contributed by atoms with Crippen molar-refractivity contribution in [3.8, 4) is 0 Å². The highest BCUT2D eigenvalue weighted by atomic mass is 35.5. The summed E-state index contributed by atoms with van der Waals surface area (Å²) >= 11 is 0. The first-order valence-electron chi connectivity index (χ1n) is 7.07. The van der Waals surface area contributed by atoms with Gasteiger partial charge in [0, 0.05) is 19.8 Å². The third kappa shape index (κ3) is 3.80. The molecule has 0 spiro atoms. The Kier molecular flexibility index (Phi) is 6.40. The Bertz CT molecular complexity index is 598. The first kappa shape index (κ1) is 18.9. The van der Waals surface area contributed by atoms with E-state index in [-0.39, 0.29) is 18.3 Å². The molecule has 1 fully saturated rings. The number of rotatable bonds is 4.